The number of hydrogen-bond acceptors (Lipinski definition) is 7. The summed E-state index contributed by atoms with van der Waals surface area (Å²) in [5.74, 6) is -1.40. The first-order valence-electron chi connectivity index (χ1n) is 7.45. The summed E-state index contributed by atoms with van der Waals surface area (Å²) < 4.78 is 37.0. The number of sulfonamides is 1. The number of nitrogens with zero attached hydrogens (tertiary/aromatic N) is 1. The van der Waals surface area contributed by atoms with Crippen LogP contribution in [0.25, 0.3) is 10.1 Å². The lowest BCUT2D eigenvalue weighted by molar-refractivity contribution is -0.143. The molecule has 1 aromatic carbocycles. The molecule has 0 aliphatic heterocycles. The Morgan fingerprint density at radius 3 is 2.56 bits per heavy atom. The van der Waals surface area contributed by atoms with Crippen LogP contribution < -0.4 is 0 Å². The molecule has 2 aromatic rings. The predicted octanol–water partition coefficient (Wildman–Crippen LogP) is 2.18. The Bertz CT molecular complexity index is 916. The fraction of sp³-hybridized carbons (Fsp3) is 0.375. The molecule has 0 radical (unpaired) electrons. The lowest BCUT2D eigenvalue weighted by Crippen LogP contribution is -2.33. The molecule has 0 fully saturated rings. The molecule has 7 nitrogen and oxygen atoms in total. The van der Waals surface area contributed by atoms with E-state index in [9.17, 15) is 18.0 Å². The van der Waals surface area contributed by atoms with E-state index in [-0.39, 0.29) is 16.4 Å². The SMILES string of the molecule is CCOC(=O)CN(C)S(=O)(=O)c1c(C(=O)OC)sc2cc(C)ccc12. The number of hydrogen-bond donors (Lipinski definition) is 0. The zero-order chi connectivity index (χ0) is 18.8. The van der Waals surface area contributed by atoms with Gasteiger partial charge in [0.15, 0.2) is 0 Å². The van der Waals surface area contributed by atoms with Gasteiger partial charge in [-0.3, -0.25) is 4.79 Å². The molecule has 0 atom stereocenters. The molecule has 9 heteroatoms. The first kappa shape index (κ1) is 19.4. The quantitative estimate of drug-likeness (QED) is 0.708. The summed E-state index contributed by atoms with van der Waals surface area (Å²) in [6, 6.07) is 5.22. The van der Waals surface area contributed by atoms with Crippen molar-refractivity contribution in [1.29, 1.82) is 0 Å². The van der Waals surface area contributed by atoms with Crippen LogP contribution in [0.15, 0.2) is 23.1 Å². The van der Waals surface area contributed by atoms with E-state index < -0.39 is 28.5 Å². The number of rotatable bonds is 6. The van der Waals surface area contributed by atoms with Gasteiger partial charge in [-0.2, -0.15) is 4.31 Å². The van der Waals surface area contributed by atoms with Gasteiger partial charge in [-0.1, -0.05) is 12.1 Å². The molecule has 2 rings (SSSR count). The standard InChI is InChI=1S/C16H19NO6S2/c1-5-23-13(18)9-17(3)25(20,21)15-11-7-6-10(2)8-12(11)24-14(15)16(19)22-4/h6-8H,5,9H2,1-4H3. The third-order valence-corrected chi connectivity index (χ3v) is 6.65. The first-order chi connectivity index (χ1) is 11.7. The van der Waals surface area contributed by atoms with E-state index in [0.717, 1.165) is 21.2 Å². The Labute approximate surface area is 150 Å². The van der Waals surface area contributed by atoms with Crippen LogP contribution in [0.2, 0.25) is 0 Å². The second-order valence-electron chi connectivity index (χ2n) is 5.32. The van der Waals surface area contributed by atoms with Crippen molar-refractivity contribution < 1.29 is 27.5 Å². The average Bonchev–Trinajstić information content (AvgIpc) is 2.93. The summed E-state index contributed by atoms with van der Waals surface area (Å²) in [4.78, 5) is 23.6. The van der Waals surface area contributed by atoms with Gasteiger partial charge in [0.05, 0.1) is 13.7 Å². The highest BCUT2D eigenvalue weighted by Crippen LogP contribution is 2.37. The van der Waals surface area contributed by atoms with Crippen LogP contribution in [0.3, 0.4) is 0 Å². The molecular weight excluding hydrogens is 366 g/mol. The molecule has 1 aromatic heterocycles. The largest absolute Gasteiger partial charge is 0.465 e. The molecule has 0 saturated carbocycles. The number of benzene rings is 1. The molecule has 1 heterocycles. The van der Waals surface area contributed by atoms with Crippen molar-refractivity contribution in [2.45, 2.75) is 18.7 Å². The van der Waals surface area contributed by atoms with Crippen molar-refractivity contribution in [3.8, 4) is 0 Å². The fourth-order valence-corrected chi connectivity index (χ4v) is 5.27. The highest BCUT2D eigenvalue weighted by Gasteiger charge is 2.33. The molecule has 0 N–H and O–H groups in total. The van der Waals surface area contributed by atoms with Crippen LogP contribution in [0.4, 0.5) is 0 Å². The van der Waals surface area contributed by atoms with Crippen molar-refractivity contribution in [2.24, 2.45) is 0 Å². The van der Waals surface area contributed by atoms with Gasteiger partial charge in [0.1, 0.15) is 16.3 Å². The van der Waals surface area contributed by atoms with Crippen molar-refractivity contribution in [2.75, 3.05) is 27.3 Å². The van der Waals surface area contributed by atoms with Crippen LogP contribution in [-0.2, 0) is 24.3 Å². The average molecular weight is 385 g/mol. The maximum atomic E-state index is 13.0. The maximum absolute atomic E-state index is 13.0. The lowest BCUT2D eigenvalue weighted by atomic mass is 10.2. The highest BCUT2D eigenvalue weighted by molar-refractivity contribution is 7.89. The lowest BCUT2D eigenvalue weighted by Gasteiger charge is -2.16. The van der Waals surface area contributed by atoms with Gasteiger partial charge in [0.25, 0.3) is 0 Å². The smallest absolute Gasteiger partial charge is 0.349 e. The third kappa shape index (κ3) is 3.83. The van der Waals surface area contributed by atoms with E-state index in [1.165, 1.54) is 14.2 Å². The van der Waals surface area contributed by atoms with Gasteiger partial charge < -0.3 is 9.47 Å². The highest BCUT2D eigenvalue weighted by atomic mass is 32.2. The molecule has 0 saturated heterocycles. The minimum Gasteiger partial charge on any atom is -0.465 e. The van der Waals surface area contributed by atoms with E-state index in [4.69, 9.17) is 9.47 Å². The number of thiophene rings is 1. The van der Waals surface area contributed by atoms with Crippen LogP contribution in [-0.4, -0.2) is 52.0 Å². The van der Waals surface area contributed by atoms with Gasteiger partial charge in [-0.25, -0.2) is 13.2 Å². The van der Waals surface area contributed by atoms with Gasteiger partial charge in [-0.05, 0) is 25.5 Å². The van der Waals surface area contributed by atoms with E-state index in [0.29, 0.717) is 10.1 Å². The van der Waals surface area contributed by atoms with E-state index in [2.05, 4.69) is 0 Å². The van der Waals surface area contributed by atoms with Crippen molar-refractivity contribution >= 4 is 43.4 Å². The van der Waals surface area contributed by atoms with Gasteiger partial charge in [0.2, 0.25) is 10.0 Å². The minimum absolute atomic E-state index is 0.0150. The number of carbonyl (C=O) groups is 2. The van der Waals surface area contributed by atoms with E-state index in [1.807, 2.05) is 6.92 Å². The summed E-state index contributed by atoms with van der Waals surface area (Å²) in [6.07, 6.45) is 0. The summed E-state index contributed by atoms with van der Waals surface area (Å²) in [5, 5.41) is 0.423. The monoisotopic (exact) mass is 385 g/mol. The maximum Gasteiger partial charge on any atom is 0.349 e. The van der Waals surface area contributed by atoms with Gasteiger partial charge in [0, 0.05) is 17.1 Å². The van der Waals surface area contributed by atoms with Crippen molar-refractivity contribution in [3.63, 3.8) is 0 Å². The summed E-state index contributed by atoms with van der Waals surface area (Å²) in [5.41, 5.74) is 0.939. The van der Waals surface area contributed by atoms with Crippen molar-refractivity contribution in [1.82, 2.24) is 4.31 Å². The number of methoxy groups -OCH3 is 1. The zero-order valence-electron chi connectivity index (χ0n) is 14.4. The van der Waals surface area contributed by atoms with Crippen LogP contribution >= 0.6 is 11.3 Å². The molecule has 0 bridgehead atoms. The second-order valence-corrected chi connectivity index (χ2v) is 8.35. The molecular formula is C16H19NO6S2. The summed E-state index contributed by atoms with van der Waals surface area (Å²) in [6.45, 7) is 3.22. The molecule has 0 unspecified atom stereocenters. The number of carbonyl (C=O) groups excluding carboxylic acids is 2. The Balaban J connectivity index is 2.60. The number of fused-ring (bicyclic) bond motifs is 1. The zero-order valence-corrected chi connectivity index (χ0v) is 16.0. The first-order valence-corrected chi connectivity index (χ1v) is 9.71. The third-order valence-electron chi connectivity index (χ3n) is 3.50. The molecule has 0 aliphatic carbocycles. The Morgan fingerprint density at radius 2 is 1.96 bits per heavy atom. The van der Waals surface area contributed by atoms with E-state index in [1.54, 1.807) is 25.1 Å². The number of ether oxygens (including phenoxy) is 2. The van der Waals surface area contributed by atoms with Gasteiger partial charge >= 0.3 is 11.9 Å². The molecule has 0 amide bonds. The summed E-state index contributed by atoms with van der Waals surface area (Å²) in [7, 11) is -1.63. The Hall–Kier alpha value is -1.97. The number of aryl methyl sites for hydroxylation is 1. The van der Waals surface area contributed by atoms with Crippen molar-refractivity contribution in [3.05, 3.63) is 28.6 Å². The van der Waals surface area contributed by atoms with E-state index >= 15 is 0 Å². The normalized spacial score (nSPS) is 11.7. The Kier molecular flexibility index (Phi) is 5.81. The van der Waals surface area contributed by atoms with Crippen LogP contribution in [0.5, 0.6) is 0 Å². The molecule has 25 heavy (non-hydrogen) atoms. The predicted molar refractivity (Wildman–Crippen MR) is 94.4 cm³/mol. The second kappa shape index (κ2) is 7.51. The minimum atomic E-state index is -4.09. The van der Waals surface area contributed by atoms with Crippen LogP contribution in [0.1, 0.15) is 22.2 Å². The number of likely N-dealkylation sites (N-methyl/N-ethyl adjacent to an activating group) is 1. The summed E-state index contributed by atoms with van der Waals surface area (Å²) >= 11 is 1.05. The molecule has 0 spiro atoms. The van der Waals surface area contributed by atoms with Crippen LogP contribution in [0, 0.1) is 6.92 Å². The topological polar surface area (TPSA) is 90.0 Å². The Morgan fingerprint density at radius 1 is 1.28 bits per heavy atom. The van der Waals surface area contributed by atoms with Gasteiger partial charge in [-0.15, -0.1) is 11.3 Å². The molecule has 136 valence electrons. The fourth-order valence-electron chi connectivity index (χ4n) is 2.29. The number of esters is 2. The molecule has 0 aliphatic rings.